The number of sulfonamides is 1. The highest BCUT2D eigenvalue weighted by atomic mass is 35.5. The number of nitrogens with one attached hydrogen (secondary N) is 1. The quantitative estimate of drug-likeness (QED) is 0.759. The summed E-state index contributed by atoms with van der Waals surface area (Å²) in [5.41, 5.74) is 1.11. The van der Waals surface area contributed by atoms with Crippen LogP contribution in [0.3, 0.4) is 0 Å². The molecule has 6 nitrogen and oxygen atoms in total. The maximum Gasteiger partial charge on any atom is 0.242 e. The third-order valence-corrected chi connectivity index (χ3v) is 6.27. The van der Waals surface area contributed by atoms with Crippen LogP contribution < -0.4 is 4.72 Å². The van der Waals surface area contributed by atoms with Crippen molar-refractivity contribution in [3.05, 3.63) is 59.4 Å². The highest BCUT2D eigenvalue weighted by Crippen LogP contribution is 2.22. The van der Waals surface area contributed by atoms with E-state index in [2.05, 4.69) is 26.6 Å². The van der Waals surface area contributed by atoms with Crippen LogP contribution in [0.2, 0.25) is 5.15 Å². The molecule has 2 heterocycles. The van der Waals surface area contributed by atoms with E-state index in [1.807, 2.05) is 30.3 Å². The van der Waals surface area contributed by atoms with Crippen LogP contribution in [0.1, 0.15) is 11.6 Å². The fourth-order valence-electron chi connectivity index (χ4n) is 3.06. The number of benzene rings is 1. The second-order valence-corrected chi connectivity index (χ2v) is 8.59. The third kappa shape index (κ3) is 4.81. The van der Waals surface area contributed by atoms with Crippen LogP contribution in [0.15, 0.2) is 53.6 Å². The molecule has 1 saturated heterocycles. The molecule has 2 aromatic rings. The summed E-state index contributed by atoms with van der Waals surface area (Å²) >= 11 is 5.75. The predicted molar refractivity (Wildman–Crippen MR) is 103 cm³/mol. The lowest BCUT2D eigenvalue weighted by molar-refractivity contribution is 0.113. The van der Waals surface area contributed by atoms with Gasteiger partial charge in [-0.2, -0.15) is 0 Å². The van der Waals surface area contributed by atoms with Crippen LogP contribution in [-0.4, -0.2) is 63.0 Å². The first kappa shape index (κ1) is 19.3. The van der Waals surface area contributed by atoms with Crippen molar-refractivity contribution in [2.24, 2.45) is 0 Å². The van der Waals surface area contributed by atoms with Crippen molar-refractivity contribution in [3.8, 4) is 0 Å². The van der Waals surface area contributed by atoms with Crippen LogP contribution in [0, 0.1) is 0 Å². The largest absolute Gasteiger partial charge is 0.304 e. The molecule has 0 spiro atoms. The first-order chi connectivity index (χ1) is 12.5. The summed E-state index contributed by atoms with van der Waals surface area (Å²) in [5.74, 6) is 0. The number of pyridine rings is 1. The van der Waals surface area contributed by atoms with Gasteiger partial charge in [-0.15, -0.1) is 0 Å². The molecule has 1 N–H and O–H groups in total. The Kier molecular flexibility index (Phi) is 6.26. The van der Waals surface area contributed by atoms with Gasteiger partial charge in [0.1, 0.15) is 10.0 Å². The van der Waals surface area contributed by atoms with Gasteiger partial charge in [0.05, 0.1) is 0 Å². The average Bonchev–Trinajstić information content (AvgIpc) is 2.64. The molecule has 0 aliphatic carbocycles. The van der Waals surface area contributed by atoms with Crippen molar-refractivity contribution in [3.63, 3.8) is 0 Å². The van der Waals surface area contributed by atoms with Crippen LogP contribution in [0.5, 0.6) is 0 Å². The zero-order chi connectivity index (χ0) is 18.6. The fraction of sp³-hybridized carbons (Fsp3) is 0.389. The van der Waals surface area contributed by atoms with Crippen LogP contribution in [-0.2, 0) is 10.0 Å². The van der Waals surface area contributed by atoms with Gasteiger partial charge in [0.15, 0.2) is 0 Å². The van der Waals surface area contributed by atoms with Gasteiger partial charge < -0.3 is 4.90 Å². The van der Waals surface area contributed by atoms with Gasteiger partial charge in [-0.05, 0) is 24.7 Å². The Labute approximate surface area is 159 Å². The molecule has 0 radical (unpaired) electrons. The van der Waals surface area contributed by atoms with Gasteiger partial charge in [0.2, 0.25) is 10.0 Å². The first-order valence-electron chi connectivity index (χ1n) is 8.54. The highest BCUT2D eigenvalue weighted by molar-refractivity contribution is 7.89. The van der Waals surface area contributed by atoms with Gasteiger partial charge in [0, 0.05) is 45.0 Å². The summed E-state index contributed by atoms with van der Waals surface area (Å²) in [4.78, 5) is 8.59. The van der Waals surface area contributed by atoms with Crippen molar-refractivity contribution in [1.82, 2.24) is 19.5 Å². The maximum atomic E-state index is 12.6. The Morgan fingerprint density at radius 3 is 2.42 bits per heavy atom. The van der Waals surface area contributed by atoms with E-state index in [0.29, 0.717) is 6.54 Å². The van der Waals surface area contributed by atoms with Crippen molar-refractivity contribution >= 4 is 21.6 Å². The van der Waals surface area contributed by atoms with E-state index in [4.69, 9.17) is 11.6 Å². The molecule has 3 rings (SSSR count). The predicted octanol–water partition coefficient (Wildman–Crippen LogP) is 2.00. The summed E-state index contributed by atoms with van der Waals surface area (Å²) in [5, 5.41) is 0.267. The zero-order valence-corrected chi connectivity index (χ0v) is 16.2. The Balaban J connectivity index is 1.76. The summed E-state index contributed by atoms with van der Waals surface area (Å²) in [7, 11) is -1.54. The van der Waals surface area contributed by atoms with Crippen molar-refractivity contribution in [2.75, 3.05) is 39.8 Å². The Hall–Kier alpha value is -1.51. The summed E-state index contributed by atoms with van der Waals surface area (Å²) in [6.45, 7) is 4.05. The molecule has 1 aromatic heterocycles. The molecule has 1 atom stereocenters. The van der Waals surface area contributed by atoms with Gasteiger partial charge in [-0.1, -0.05) is 41.9 Å². The van der Waals surface area contributed by atoms with E-state index in [1.54, 1.807) is 0 Å². The minimum atomic E-state index is -3.64. The Morgan fingerprint density at radius 2 is 1.81 bits per heavy atom. The zero-order valence-electron chi connectivity index (χ0n) is 14.7. The van der Waals surface area contributed by atoms with E-state index < -0.39 is 10.0 Å². The second kappa shape index (κ2) is 8.45. The molecular weight excluding hydrogens is 372 g/mol. The lowest BCUT2D eigenvalue weighted by atomic mass is 10.0. The summed E-state index contributed by atoms with van der Waals surface area (Å²) in [6, 6.07) is 12.9. The highest BCUT2D eigenvalue weighted by Gasteiger charge is 2.26. The van der Waals surface area contributed by atoms with E-state index in [-0.39, 0.29) is 16.1 Å². The maximum absolute atomic E-state index is 12.6. The number of aromatic nitrogens is 1. The SMILES string of the molecule is CN1CCN(C(CNS(=O)(=O)c2ccc(Cl)nc2)c2ccccc2)CC1. The molecule has 1 fully saturated rings. The normalized spacial score (nSPS) is 17.9. The molecule has 8 heteroatoms. The average molecular weight is 395 g/mol. The van der Waals surface area contributed by atoms with Crippen molar-refractivity contribution in [1.29, 1.82) is 0 Å². The Morgan fingerprint density at radius 1 is 1.12 bits per heavy atom. The molecule has 0 bridgehead atoms. The van der Waals surface area contributed by atoms with E-state index >= 15 is 0 Å². The molecule has 1 aliphatic heterocycles. The number of likely N-dealkylation sites (N-methyl/N-ethyl adjacent to an activating group) is 1. The van der Waals surface area contributed by atoms with Gasteiger partial charge in [0.25, 0.3) is 0 Å². The van der Waals surface area contributed by atoms with Crippen LogP contribution in [0.25, 0.3) is 0 Å². The third-order valence-electron chi connectivity index (χ3n) is 4.64. The van der Waals surface area contributed by atoms with E-state index in [0.717, 1.165) is 31.7 Å². The lowest BCUT2D eigenvalue weighted by Gasteiger charge is -2.38. The van der Waals surface area contributed by atoms with Gasteiger partial charge >= 0.3 is 0 Å². The molecular formula is C18H23ClN4O2S. The number of rotatable bonds is 6. The summed E-state index contributed by atoms with van der Waals surface area (Å²) in [6.07, 6.45) is 1.28. The van der Waals surface area contributed by atoms with Crippen LogP contribution >= 0.6 is 11.6 Å². The first-order valence-corrected chi connectivity index (χ1v) is 10.4. The number of hydrogen-bond acceptors (Lipinski definition) is 5. The molecule has 140 valence electrons. The Bertz CT molecular complexity index is 807. The molecule has 1 unspecified atom stereocenters. The monoisotopic (exact) mass is 394 g/mol. The number of nitrogens with zero attached hydrogens (tertiary/aromatic N) is 3. The number of hydrogen-bond donors (Lipinski definition) is 1. The fourth-order valence-corrected chi connectivity index (χ4v) is 4.15. The topological polar surface area (TPSA) is 65.5 Å². The number of halogens is 1. The molecule has 0 saturated carbocycles. The molecule has 1 aliphatic rings. The lowest BCUT2D eigenvalue weighted by Crippen LogP contribution is -2.48. The molecule has 0 amide bonds. The van der Waals surface area contributed by atoms with E-state index in [9.17, 15) is 8.42 Å². The van der Waals surface area contributed by atoms with Crippen LogP contribution in [0.4, 0.5) is 0 Å². The standard InChI is InChI=1S/C18H23ClN4O2S/c1-22-9-11-23(12-10-22)17(15-5-3-2-4-6-15)14-21-26(24,25)16-7-8-18(19)20-13-16/h2-8,13,17,21H,9-12,14H2,1H3. The number of piperazine rings is 1. The van der Waals surface area contributed by atoms with Crippen molar-refractivity contribution < 1.29 is 8.42 Å². The minimum Gasteiger partial charge on any atom is -0.304 e. The van der Waals surface area contributed by atoms with E-state index in [1.165, 1.54) is 18.3 Å². The van der Waals surface area contributed by atoms with Crippen molar-refractivity contribution in [2.45, 2.75) is 10.9 Å². The smallest absolute Gasteiger partial charge is 0.242 e. The van der Waals surface area contributed by atoms with Gasteiger partial charge in [-0.3, -0.25) is 4.90 Å². The molecule has 26 heavy (non-hydrogen) atoms. The second-order valence-electron chi connectivity index (χ2n) is 6.43. The van der Waals surface area contributed by atoms with Gasteiger partial charge in [-0.25, -0.2) is 18.1 Å². The minimum absolute atomic E-state index is 0.0139. The molecule has 1 aromatic carbocycles. The summed E-state index contributed by atoms with van der Waals surface area (Å²) < 4.78 is 27.9.